The molecule has 6 nitrogen and oxygen atoms in total. The Morgan fingerprint density at radius 2 is 1.48 bits per heavy atom. The van der Waals surface area contributed by atoms with Crippen molar-refractivity contribution in [1.82, 2.24) is 19.6 Å². The van der Waals surface area contributed by atoms with Gasteiger partial charge in [0, 0.05) is 33.2 Å². The second-order valence-electron chi connectivity index (χ2n) is 9.58. The topological polar surface area (TPSA) is 58.4 Å². The summed E-state index contributed by atoms with van der Waals surface area (Å²) < 4.78 is 1.66. The molecule has 0 unspecified atom stereocenters. The van der Waals surface area contributed by atoms with Crippen molar-refractivity contribution in [2.24, 2.45) is 30.2 Å². The lowest BCUT2D eigenvalue weighted by Gasteiger charge is -2.57. The first-order valence-electron chi connectivity index (χ1n) is 10.5. The third kappa shape index (κ3) is 2.79. The zero-order valence-corrected chi connectivity index (χ0v) is 16.5. The number of aryl methyl sites for hydroxylation is 2. The molecule has 0 N–H and O–H groups in total. The van der Waals surface area contributed by atoms with Crippen LogP contribution in [0.25, 0.3) is 0 Å². The number of amides is 2. The van der Waals surface area contributed by atoms with Crippen molar-refractivity contribution < 1.29 is 9.59 Å². The van der Waals surface area contributed by atoms with E-state index < -0.39 is 0 Å². The Morgan fingerprint density at radius 3 is 1.96 bits per heavy atom. The van der Waals surface area contributed by atoms with Crippen LogP contribution in [0.15, 0.2) is 6.07 Å². The highest BCUT2D eigenvalue weighted by molar-refractivity contribution is 5.93. The number of piperazine rings is 1. The van der Waals surface area contributed by atoms with Crippen LogP contribution < -0.4 is 0 Å². The number of carbonyl (C=O) groups is 2. The van der Waals surface area contributed by atoms with Crippen LogP contribution in [0, 0.1) is 30.1 Å². The molecule has 27 heavy (non-hydrogen) atoms. The fourth-order valence-electron chi connectivity index (χ4n) is 6.79. The number of nitrogens with zero attached hydrogens (tertiary/aromatic N) is 4. The standard InChI is InChI=1S/C21H30N4O2/c1-14-7-18(23(2)22-14)19(26)24-3-5-25(6-4-24)20(27)21-11-15-8-16(12-21)10-17(9-15)13-21/h7,15-17H,3-6,8-13H2,1-2H3. The first kappa shape index (κ1) is 17.3. The van der Waals surface area contributed by atoms with Gasteiger partial charge in [0.2, 0.25) is 5.91 Å². The fraction of sp³-hybridized carbons (Fsp3) is 0.762. The van der Waals surface area contributed by atoms with Crippen LogP contribution in [0.4, 0.5) is 0 Å². The maximum atomic E-state index is 13.5. The van der Waals surface area contributed by atoms with Crippen LogP contribution in [-0.2, 0) is 11.8 Å². The van der Waals surface area contributed by atoms with Gasteiger partial charge in [-0.2, -0.15) is 5.10 Å². The third-order valence-corrected chi connectivity index (χ3v) is 7.57. The number of hydrogen-bond acceptors (Lipinski definition) is 3. The van der Waals surface area contributed by atoms with E-state index in [4.69, 9.17) is 0 Å². The molecule has 5 aliphatic rings. The van der Waals surface area contributed by atoms with Crippen LogP contribution >= 0.6 is 0 Å². The minimum absolute atomic E-state index is 0.0278. The van der Waals surface area contributed by atoms with Crippen LogP contribution in [0.2, 0.25) is 0 Å². The van der Waals surface area contributed by atoms with Gasteiger partial charge in [-0.05, 0) is 69.3 Å². The summed E-state index contributed by atoms with van der Waals surface area (Å²) in [6, 6.07) is 1.84. The van der Waals surface area contributed by atoms with E-state index in [2.05, 4.69) is 10.00 Å². The molecule has 0 atom stereocenters. The zero-order valence-electron chi connectivity index (χ0n) is 16.5. The van der Waals surface area contributed by atoms with E-state index in [9.17, 15) is 9.59 Å². The second-order valence-corrected chi connectivity index (χ2v) is 9.58. The van der Waals surface area contributed by atoms with Gasteiger partial charge in [0.15, 0.2) is 0 Å². The smallest absolute Gasteiger partial charge is 0.272 e. The Kier molecular flexibility index (Phi) is 3.89. The summed E-state index contributed by atoms with van der Waals surface area (Å²) in [5.41, 5.74) is 1.42. The SMILES string of the molecule is Cc1cc(C(=O)N2CCN(C(=O)C34CC5CC(CC(C5)C3)C4)CC2)n(C)n1. The Hall–Kier alpha value is -1.85. The first-order chi connectivity index (χ1) is 12.9. The first-order valence-corrected chi connectivity index (χ1v) is 10.5. The number of rotatable bonds is 2. The van der Waals surface area contributed by atoms with E-state index in [0.717, 1.165) is 42.7 Å². The van der Waals surface area contributed by atoms with Gasteiger partial charge in [0.05, 0.1) is 11.1 Å². The Balaban J connectivity index is 1.25. The Bertz CT molecular complexity index is 740. The molecule has 1 aromatic rings. The van der Waals surface area contributed by atoms with Crippen molar-refractivity contribution in [2.45, 2.75) is 45.4 Å². The fourth-order valence-corrected chi connectivity index (χ4v) is 6.79. The monoisotopic (exact) mass is 370 g/mol. The molecule has 5 fully saturated rings. The highest BCUT2D eigenvalue weighted by atomic mass is 16.2. The van der Waals surface area contributed by atoms with E-state index in [1.807, 2.05) is 24.9 Å². The summed E-state index contributed by atoms with van der Waals surface area (Å²) in [7, 11) is 1.81. The van der Waals surface area contributed by atoms with Gasteiger partial charge in [-0.1, -0.05) is 0 Å². The van der Waals surface area contributed by atoms with Crippen LogP contribution in [-0.4, -0.2) is 57.6 Å². The molecule has 1 saturated heterocycles. The minimum Gasteiger partial charge on any atom is -0.339 e. The van der Waals surface area contributed by atoms with Crippen molar-refractivity contribution >= 4 is 11.8 Å². The molecule has 0 aromatic carbocycles. The van der Waals surface area contributed by atoms with E-state index in [-0.39, 0.29) is 11.3 Å². The molecule has 1 aliphatic heterocycles. The van der Waals surface area contributed by atoms with Crippen molar-refractivity contribution in [1.29, 1.82) is 0 Å². The van der Waals surface area contributed by atoms with Gasteiger partial charge in [-0.3, -0.25) is 14.3 Å². The van der Waals surface area contributed by atoms with E-state index >= 15 is 0 Å². The molecule has 4 aliphatic carbocycles. The van der Waals surface area contributed by atoms with Crippen molar-refractivity contribution in [3.8, 4) is 0 Å². The highest BCUT2D eigenvalue weighted by Crippen LogP contribution is 2.60. The number of carbonyl (C=O) groups excluding carboxylic acids is 2. The lowest BCUT2D eigenvalue weighted by Crippen LogP contribution is -2.58. The van der Waals surface area contributed by atoms with E-state index in [1.54, 1.807) is 4.68 Å². The predicted octanol–water partition coefficient (Wildman–Crippen LogP) is 2.23. The van der Waals surface area contributed by atoms with Crippen LogP contribution in [0.5, 0.6) is 0 Å². The van der Waals surface area contributed by atoms with Gasteiger partial charge < -0.3 is 9.80 Å². The van der Waals surface area contributed by atoms with Gasteiger partial charge >= 0.3 is 0 Å². The van der Waals surface area contributed by atoms with Crippen molar-refractivity contribution in [3.05, 3.63) is 17.5 Å². The normalized spacial score (nSPS) is 35.0. The molecule has 0 spiro atoms. The average molecular weight is 370 g/mol. The molecule has 4 saturated carbocycles. The molecular formula is C21H30N4O2. The molecular weight excluding hydrogens is 340 g/mol. The molecule has 6 rings (SSSR count). The van der Waals surface area contributed by atoms with E-state index in [0.29, 0.717) is 37.8 Å². The van der Waals surface area contributed by atoms with Gasteiger partial charge in [-0.15, -0.1) is 0 Å². The zero-order chi connectivity index (χ0) is 18.8. The highest BCUT2D eigenvalue weighted by Gasteiger charge is 2.55. The average Bonchev–Trinajstić information content (AvgIpc) is 2.98. The number of hydrogen-bond donors (Lipinski definition) is 0. The predicted molar refractivity (Wildman–Crippen MR) is 101 cm³/mol. The Labute approximate surface area is 160 Å². The molecule has 0 radical (unpaired) electrons. The minimum atomic E-state index is -0.0694. The van der Waals surface area contributed by atoms with Crippen LogP contribution in [0.3, 0.4) is 0 Å². The van der Waals surface area contributed by atoms with E-state index in [1.165, 1.54) is 19.3 Å². The summed E-state index contributed by atoms with van der Waals surface area (Å²) in [5.74, 6) is 2.79. The van der Waals surface area contributed by atoms with Gasteiger partial charge in [0.1, 0.15) is 5.69 Å². The summed E-state index contributed by atoms with van der Waals surface area (Å²) in [6.07, 6.45) is 7.43. The third-order valence-electron chi connectivity index (χ3n) is 7.57. The molecule has 146 valence electrons. The lowest BCUT2D eigenvalue weighted by atomic mass is 9.49. The van der Waals surface area contributed by atoms with Crippen molar-refractivity contribution in [3.63, 3.8) is 0 Å². The summed E-state index contributed by atoms with van der Waals surface area (Å²) in [6.45, 7) is 4.49. The largest absolute Gasteiger partial charge is 0.339 e. The number of aromatic nitrogens is 2. The molecule has 2 amide bonds. The van der Waals surface area contributed by atoms with Gasteiger partial charge in [0.25, 0.3) is 5.91 Å². The van der Waals surface area contributed by atoms with Gasteiger partial charge in [-0.25, -0.2) is 0 Å². The summed E-state index contributed by atoms with van der Waals surface area (Å²) in [5, 5.41) is 4.28. The van der Waals surface area contributed by atoms with Crippen LogP contribution in [0.1, 0.15) is 54.7 Å². The molecule has 4 bridgehead atoms. The molecule has 6 heteroatoms. The maximum Gasteiger partial charge on any atom is 0.272 e. The summed E-state index contributed by atoms with van der Waals surface area (Å²) in [4.78, 5) is 30.2. The quantitative estimate of drug-likeness (QED) is 0.802. The summed E-state index contributed by atoms with van der Waals surface area (Å²) >= 11 is 0. The maximum absolute atomic E-state index is 13.5. The van der Waals surface area contributed by atoms with Crippen molar-refractivity contribution in [2.75, 3.05) is 26.2 Å². The Morgan fingerprint density at radius 1 is 0.963 bits per heavy atom. The lowest BCUT2D eigenvalue weighted by molar-refractivity contribution is -0.159. The molecule has 2 heterocycles. The molecule has 1 aromatic heterocycles. The second kappa shape index (κ2) is 6.08.